The van der Waals surface area contributed by atoms with Crippen molar-refractivity contribution < 1.29 is 8.42 Å². The van der Waals surface area contributed by atoms with Crippen molar-refractivity contribution in [2.75, 3.05) is 11.5 Å². The molecule has 0 saturated carbocycles. The van der Waals surface area contributed by atoms with Crippen molar-refractivity contribution in [2.45, 2.75) is 11.8 Å². The zero-order valence-electron chi connectivity index (χ0n) is 7.61. The van der Waals surface area contributed by atoms with Crippen LogP contribution in [0.4, 0.5) is 0 Å². The van der Waals surface area contributed by atoms with Gasteiger partial charge in [0.05, 0.1) is 16.9 Å². The molecule has 76 valence electrons. The number of alkyl halides is 1. The Labute approximate surface area is 88.8 Å². The molecule has 2 rings (SSSR count). The maximum atomic E-state index is 11.5. The van der Waals surface area contributed by atoms with Crippen LogP contribution in [-0.4, -0.2) is 19.9 Å². The fourth-order valence-electron chi connectivity index (χ4n) is 1.73. The van der Waals surface area contributed by atoms with Gasteiger partial charge in [-0.1, -0.05) is 24.3 Å². The molecule has 1 heterocycles. The first-order valence-corrected chi connectivity index (χ1v) is 6.76. The second-order valence-electron chi connectivity index (χ2n) is 3.53. The maximum Gasteiger partial charge on any atom is 0.152 e. The van der Waals surface area contributed by atoms with Crippen LogP contribution in [0.25, 0.3) is 0 Å². The zero-order valence-corrected chi connectivity index (χ0v) is 9.18. The summed E-state index contributed by atoms with van der Waals surface area (Å²) in [5, 5.41) is -0.390. The molecule has 0 amide bonds. The predicted octanol–water partition coefficient (Wildman–Crippen LogP) is 1.94. The Morgan fingerprint density at radius 2 is 2.00 bits per heavy atom. The maximum absolute atomic E-state index is 11.5. The molecule has 14 heavy (non-hydrogen) atoms. The van der Waals surface area contributed by atoms with Crippen LogP contribution in [0.2, 0.25) is 0 Å². The normalized spacial score (nSPS) is 25.1. The topological polar surface area (TPSA) is 34.1 Å². The number of hydrogen-bond acceptors (Lipinski definition) is 2. The lowest BCUT2D eigenvalue weighted by atomic mass is 10.0. The second-order valence-corrected chi connectivity index (χ2v) is 6.29. The number of aryl methyl sites for hydroxylation is 1. The summed E-state index contributed by atoms with van der Waals surface area (Å²) in [6, 6.07) is 7.67. The third-order valence-electron chi connectivity index (χ3n) is 2.48. The molecule has 0 saturated heterocycles. The van der Waals surface area contributed by atoms with E-state index in [1.54, 1.807) is 0 Å². The molecular weight excluding hydrogens is 220 g/mol. The van der Waals surface area contributed by atoms with E-state index in [-0.39, 0.29) is 11.5 Å². The Kier molecular flexibility index (Phi) is 2.54. The summed E-state index contributed by atoms with van der Waals surface area (Å²) < 4.78 is 22.9. The van der Waals surface area contributed by atoms with Crippen molar-refractivity contribution >= 4 is 21.4 Å². The highest BCUT2D eigenvalue weighted by Crippen LogP contribution is 2.29. The summed E-state index contributed by atoms with van der Waals surface area (Å²) in [5.41, 5.74) is 2.03. The highest BCUT2D eigenvalue weighted by atomic mass is 35.5. The average molecular weight is 231 g/mol. The number of rotatable bonds is 0. The van der Waals surface area contributed by atoms with Gasteiger partial charge >= 0.3 is 0 Å². The Morgan fingerprint density at radius 3 is 2.79 bits per heavy atom. The van der Waals surface area contributed by atoms with Crippen molar-refractivity contribution in [2.24, 2.45) is 0 Å². The van der Waals surface area contributed by atoms with Gasteiger partial charge < -0.3 is 0 Å². The minimum absolute atomic E-state index is 0.0611. The Morgan fingerprint density at radius 1 is 1.29 bits per heavy atom. The number of sulfone groups is 1. The number of benzene rings is 1. The minimum Gasteiger partial charge on any atom is -0.229 e. The third-order valence-corrected chi connectivity index (χ3v) is 4.71. The molecule has 0 N–H and O–H groups in total. The van der Waals surface area contributed by atoms with Crippen LogP contribution in [0.1, 0.15) is 16.5 Å². The number of halogens is 1. The van der Waals surface area contributed by atoms with E-state index in [4.69, 9.17) is 11.6 Å². The number of hydrogen-bond donors (Lipinski definition) is 0. The van der Waals surface area contributed by atoms with Gasteiger partial charge in [-0.15, -0.1) is 11.6 Å². The van der Waals surface area contributed by atoms with Crippen LogP contribution >= 0.6 is 11.6 Å². The van der Waals surface area contributed by atoms with Gasteiger partial charge in [0.1, 0.15) is 0 Å². The summed E-state index contributed by atoms with van der Waals surface area (Å²) in [6.45, 7) is 0. The molecule has 0 aliphatic carbocycles. The van der Waals surface area contributed by atoms with Crippen molar-refractivity contribution in [3.8, 4) is 0 Å². The highest BCUT2D eigenvalue weighted by Gasteiger charge is 2.24. The predicted molar refractivity (Wildman–Crippen MR) is 57.4 cm³/mol. The van der Waals surface area contributed by atoms with Gasteiger partial charge in [0.25, 0.3) is 0 Å². The van der Waals surface area contributed by atoms with E-state index in [0.29, 0.717) is 6.42 Å². The van der Waals surface area contributed by atoms with Crippen LogP contribution in [0, 0.1) is 0 Å². The molecule has 0 bridgehead atoms. The smallest absolute Gasteiger partial charge is 0.152 e. The van der Waals surface area contributed by atoms with Gasteiger partial charge in [0, 0.05) is 0 Å². The average Bonchev–Trinajstić information content (AvgIpc) is 2.24. The van der Waals surface area contributed by atoms with E-state index < -0.39 is 15.2 Å². The molecule has 0 spiro atoms. The van der Waals surface area contributed by atoms with E-state index in [9.17, 15) is 8.42 Å². The molecule has 1 unspecified atom stereocenters. The van der Waals surface area contributed by atoms with Crippen LogP contribution in [-0.2, 0) is 16.3 Å². The molecule has 1 aliphatic rings. The molecule has 1 aromatic carbocycles. The summed E-state index contributed by atoms with van der Waals surface area (Å²) in [4.78, 5) is 0. The SMILES string of the molecule is O=S1(=O)CCc2ccccc2C(Cl)C1. The summed E-state index contributed by atoms with van der Waals surface area (Å²) >= 11 is 6.06. The van der Waals surface area contributed by atoms with E-state index in [0.717, 1.165) is 11.1 Å². The zero-order chi connectivity index (χ0) is 10.2. The highest BCUT2D eigenvalue weighted by molar-refractivity contribution is 7.91. The van der Waals surface area contributed by atoms with Crippen LogP contribution in [0.3, 0.4) is 0 Å². The number of fused-ring (bicyclic) bond motifs is 1. The summed E-state index contributed by atoms with van der Waals surface area (Å²) in [7, 11) is -2.97. The van der Waals surface area contributed by atoms with Gasteiger partial charge in [-0.2, -0.15) is 0 Å². The van der Waals surface area contributed by atoms with Crippen molar-refractivity contribution in [1.82, 2.24) is 0 Å². The van der Waals surface area contributed by atoms with Gasteiger partial charge in [-0.05, 0) is 17.5 Å². The Balaban J connectivity index is 2.46. The van der Waals surface area contributed by atoms with E-state index >= 15 is 0 Å². The van der Waals surface area contributed by atoms with E-state index in [2.05, 4.69) is 0 Å². The first kappa shape index (κ1) is 9.99. The second kappa shape index (κ2) is 3.55. The van der Waals surface area contributed by atoms with E-state index in [1.807, 2.05) is 24.3 Å². The summed E-state index contributed by atoms with van der Waals surface area (Å²) in [5.74, 6) is 0.277. The lowest BCUT2D eigenvalue weighted by Crippen LogP contribution is -2.12. The van der Waals surface area contributed by atoms with Crippen molar-refractivity contribution in [1.29, 1.82) is 0 Å². The molecule has 1 aliphatic heterocycles. The molecular formula is C10H11ClO2S. The lowest BCUT2D eigenvalue weighted by molar-refractivity contribution is 0.595. The third kappa shape index (κ3) is 1.93. The molecule has 0 fully saturated rings. The fourth-order valence-corrected chi connectivity index (χ4v) is 3.84. The fraction of sp³-hybridized carbons (Fsp3) is 0.400. The minimum atomic E-state index is -2.97. The molecule has 1 aromatic rings. The van der Waals surface area contributed by atoms with E-state index in [1.165, 1.54) is 0 Å². The molecule has 4 heteroatoms. The Hall–Kier alpha value is -0.540. The van der Waals surface area contributed by atoms with Crippen LogP contribution < -0.4 is 0 Å². The lowest BCUT2D eigenvalue weighted by Gasteiger charge is -2.08. The molecule has 0 radical (unpaired) electrons. The first-order valence-electron chi connectivity index (χ1n) is 4.51. The Bertz CT molecular complexity index is 439. The van der Waals surface area contributed by atoms with Gasteiger partial charge in [-0.3, -0.25) is 0 Å². The molecule has 2 nitrogen and oxygen atoms in total. The van der Waals surface area contributed by atoms with Crippen LogP contribution in [0.15, 0.2) is 24.3 Å². The largest absolute Gasteiger partial charge is 0.229 e. The quantitative estimate of drug-likeness (QED) is 0.639. The van der Waals surface area contributed by atoms with Crippen molar-refractivity contribution in [3.05, 3.63) is 35.4 Å². The first-order chi connectivity index (χ1) is 6.58. The van der Waals surface area contributed by atoms with Gasteiger partial charge in [0.15, 0.2) is 9.84 Å². The summed E-state index contributed by atoms with van der Waals surface area (Å²) in [6.07, 6.45) is 0.585. The standard InChI is InChI=1S/C10H11ClO2S/c11-10-7-14(12,13)6-5-8-3-1-2-4-9(8)10/h1-4,10H,5-7H2. The van der Waals surface area contributed by atoms with Gasteiger partial charge in [0.2, 0.25) is 0 Å². The molecule has 0 aromatic heterocycles. The van der Waals surface area contributed by atoms with Crippen LogP contribution in [0.5, 0.6) is 0 Å². The monoisotopic (exact) mass is 230 g/mol. The van der Waals surface area contributed by atoms with Crippen molar-refractivity contribution in [3.63, 3.8) is 0 Å². The van der Waals surface area contributed by atoms with Gasteiger partial charge in [-0.25, -0.2) is 8.42 Å². The molecule has 1 atom stereocenters.